The third-order valence-corrected chi connectivity index (χ3v) is 13.5. The summed E-state index contributed by atoms with van der Waals surface area (Å²) in [6.07, 6.45) is 8.55. The predicted molar refractivity (Wildman–Crippen MR) is 321 cm³/mol. The van der Waals surface area contributed by atoms with E-state index in [1.807, 2.05) is 0 Å². The first-order valence-corrected chi connectivity index (χ1v) is 29.2. The standard InChI is InChI=1S/2C29H43N9O7.Cu/c2*1-17(25(40)38-22(12-19-8-4-3-5-9-19)27(42)35-18(2)29(44)45)34-26(41)21(10-6-7-11-30)37-28(43)23(36-24(39)14-31)13-20-15-32-16-33-20;/h2*3-5,8-9,15-18,21-23H,6-7,10-14,30-31H2,1-2H3,(H,32,33)(H,34,41)(H,35,42)(H,36,39)(H,37,43)(H,38,40)(H,44,45);/q;;+2/p-2/t2*17-,18-,21-,22-,23-;/m00./s1. The second-order valence-corrected chi connectivity index (χ2v) is 20.9. The fraction of sp³-hybridized carbons (Fsp3) is 0.483. The Kier molecular flexibility index (Phi) is 35.9. The molecule has 20 N–H and O–H groups in total. The molecule has 501 valence electrons. The Labute approximate surface area is 536 Å². The van der Waals surface area contributed by atoms with Crippen LogP contribution in [0, 0.1) is 0 Å². The van der Waals surface area contributed by atoms with Gasteiger partial charge in [-0.25, -0.2) is 9.97 Å². The molecule has 2 aromatic carbocycles. The van der Waals surface area contributed by atoms with Gasteiger partial charge in [0, 0.05) is 38.1 Å². The minimum absolute atomic E-state index is 0. The van der Waals surface area contributed by atoms with Crippen molar-refractivity contribution in [3.63, 3.8) is 0 Å². The van der Waals surface area contributed by atoms with Gasteiger partial charge in [-0.05, 0) is 90.4 Å². The van der Waals surface area contributed by atoms with Crippen LogP contribution < -0.4 is 86.3 Å². The van der Waals surface area contributed by atoms with Gasteiger partial charge in [0.15, 0.2) is 0 Å². The van der Waals surface area contributed by atoms with Crippen LogP contribution in [0.1, 0.15) is 88.7 Å². The molecule has 0 unspecified atom stereocenters. The van der Waals surface area contributed by atoms with E-state index >= 15 is 0 Å². The van der Waals surface area contributed by atoms with E-state index in [0.717, 1.165) is 0 Å². The van der Waals surface area contributed by atoms with Crippen molar-refractivity contribution in [1.82, 2.24) is 73.1 Å². The maximum absolute atomic E-state index is 13.3. The van der Waals surface area contributed by atoms with Crippen LogP contribution in [0.4, 0.5) is 0 Å². The summed E-state index contributed by atoms with van der Waals surface area (Å²) >= 11 is 0. The number of aromatic nitrogens is 4. The van der Waals surface area contributed by atoms with Crippen molar-refractivity contribution in [3.8, 4) is 0 Å². The Morgan fingerprint density at radius 2 is 0.692 bits per heavy atom. The molecule has 0 spiro atoms. The van der Waals surface area contributed by atoms with E-state index < -0.39 is 131 Å². The molecule has 0 aliphatic heterocycles. The van der Waals surface area contributed by atoms with Crippen LogP contribution in [0.15, 0.2) is 85.7 Å². The molecule has 0 saturated heterocycles. The molecule has 32 nitrogen and oxygen atoms in total. The Morgan fingerprint density at radius 1 is 0.396 bits per heavy atom. The number of carboxylic acids is 2. The predicted octanol–water partition coefficient (Wildman–Crippen LogP) is -7.01. The molecule has 0 aliphatic carbocycles. The van der Waals surface area contributed by atoms with E-state index in [1.165, 1.54) is 40.3 Å². The third kappa shape index (κ3) is 29.4. The number of hydrogen-bond donors (Lipinski definition) is 16. The summed E-state index contributed by atoms with van der Waals surface area (Å²) in [6.45, 7) is 5.27. The number of carbonyl (C=O) groups excluding carboxylic acids is 12. The zero-order chi connectivity index (χ0) is 66.7. The van der Waals surface area contributed by atoms with Crippen molar-refractivity contribution < 1.29 is 84.8 Å². The molecule has 4 rings (SSSR count). The number of carboxylic acid groups (broad SMARTS) is 2. The molecule has 33 heteroatoms. The SMILES string of the molecule is C[C@H](NC(=O)[C@H](Cc1ccccc1)NC(=O)[C@H](C)NC(=O)[C@H](CCCCN)NC(=O)[C@H](Cc1c[nH]cn1)NC(=O)CN)C(=O)[O-].C[C@H](NC(=O)[C@H](Cc1ccccc1)NC(=O)[C@H](C)NC(=O)[C@H](CCCCN)NC(=O)[C@H](Cc1c[nH]cn1)NC(=O)CN)C(=O)[O-].[Cu+2]. The van der Waals surface area contributed by atoms with Crippen LogP contribution in [-0.4, -0.2) is 178 Å². The topological polar surface area (TPSA) is 533 Å². The minimum Gasteiger partial charge on any atom is -0.548 e. The van der Waals surface area contributed by atoms with Crippen LogP contribution in [-0.2, 0) is 100 Å². The molecule has 10 amide bonds. The summed E-state index contributed by atoms with van der Waals surface area (Å²) in [7, 11) is 0. The Morgan fingerprint density at radius 3 is 0.989 bits per heavy atom. The first kappa shape index (κ1) is 78.0. The van der Waals surface area contributed by atoms with Crippen LogP contribution in [0.2, 0.25) is 0 Å². The van der Waals surface area contributed by atoms with E-state index in [0.29, 0.717) is 61.3 Å². The van der Waals surface area contributed by atoms with Gasteiger partial charge in [0.2, 0.25) is 59.1 Å². The number of benzene rings is 2. The molecular weight excluding hydrogens is 1240 g/mol. The summed E-state index contributed by atoms with van der Waals surface area (Å²) in [6, 6.07) is 5.87. The summed E-state index contributed by atoms with van der Waals surface area (Å²) in [5, 5.41) is 47.5. The summed E-state index contributed by atoms with van der Waals surface area (Å²) in [4.78, 5) is 165. The zero-order valence-corrected chi connectivity index (χ0v) is 51.9. The number of carbonyl (C=O) groups is 12. The van der Waals surface area contributed by atoms with Crippen LogP contribution in [0.3, 0.4) is 0 Å². The van der Waals surface area contributed by atoms with E-state index in [-0.39, 0.29) is 68.7 Å². The summed E-state index contributed by atoms with van der Waals surface area (Å²) < 4.78 is 0. The van der Waals surface area contributed by atoms with E-state index in [9.17, 15) is 67.7 Å². The number of nitrogens with one attached hydrogen (secondary N) is 12. The number of nitrogens with two attached hydrogens (primary N) is 4. The van der Waals surface area contributed by atoms with Crippen LogP contribution in [0.5, 0.6) is 0 Å². The molecule has 4 aromatic rings. The van der Waals surface area contributed by atoms with Gasteiger partial charge in [-0.3, -0.25) is 47.9 Å². The van der Waals surface area contributed by atoms with Crippen LogP contribution >= 0.6 is 0 Å². The number of unbranched alkanes of at least 4 members (excludes halogenated alkanes) is 2. The quantitative estimate of drug-likeness (QED) is 0.0146. The molecule has 0 bridgehead atoms. The maximum Gasteiger partial charge on any atom is 2.00 e. The largest absolute Gasteiger partial charge is 2.00 e. The fourth-order valence-electron chi connectivity index (χ4n) is 8.43. The average molecular weight is 1320 g/mol. The maximum atomic E-state index is 13.3. The van der Waals surface area contributed by atoms with Crippen molar-refractivity contribution in [1.29, 1.82) is 0 Å². The molecule has 1 radical (unpaired) electrons. The van der Waals surface area contributed by atoms with Crippen LogP contribution in [0.25, 0.3) is 0 Å². The number of imidazole rings is 2. The first-order valence-electron chi connectivity index (χ1n) is 29.2. The third-order valence-electron chi connectivity index (χ3n) is 13.5. The molecule has 91 heavy (non-hydrogen) atoms. The normalized spacial score (nSPS) is 14.0. The van der Waals surface area contributed by atoms with Gasteiger partial charge in [-0.15, -0.1) is 0 Å². The average Bonchev–Trinajstić information content (AvgIpc) is 3.07. The van der Waals surface area contributed by atoms with E-state index in [4.69, 9.17) is 22.9 Å². The Bertz CT molecular complexity index is 2750. The first-order chi connectivity index (χ1) is 42.9. The molecule has 10 atom stereocenters. The van der Waals surface area contributed by atoms with Gasteiger partial charge < -0.3 is 106 Å². The van der Waals surface area contributed by atoms with Gasteiger partial charge in [0.1, 0.15) is 48.3 Å². The van der Waals surface area contributed by atoms with E-state index in [1.54, 1.807) is 73.1 Å². The van der Waals surface area contributed by atoms with Crippen molar-refractivity contribution in [3.05, 3.63) is 108 Å². The monoisotopic (exact) mass is 1320 g/mol. The number of rotatable bonds is 38. The minimum atomic E-state index is -1.49. The van der Waals surface area contributed by atoms with Gasteiger partial charge in [0.05, 0.1) is 61.2 Å². The molecule has 0 saturated carbocycles. The number of aromatic amines is 2. The van der Waals surface area contributed by atoms with Crippen molar-refractivity contribution in [2.24, 2.45) is 22.9 Å². The van der Waals surface area contributed by atoms with Crippen molar-refractivity contribution in [2.75, 3.05) is 26.2 Å². The number of aliphatic carboxylic acids is 2. The number of amides is 10. The fourth-order valence-corrected chi connectivity index (χ4v) is 8.43. The summed E-state index contributed by atoms with van der Waals surface area (Å²) in [5.41, 5.74) is 24.4. The summed E-state index contributed by atoms with van der Waals surface area (Å²) in [5.74, 6) is -9.78. The Balaban J connectivity index is 0.000000613. The second kappa shape index (κ2) is 42.0. The number of H-pyrrole nitrogens is 2. The second-order valence-electron chi connectivity index (χ2n) is 20.9. The van der Waals surface area contributed by atoms with Gasteiger partial charge >= 0.3 is 17.1 Å². The van der Waals surface area contributed by atoms with Crippen molar-refractivity contribution in [2.45, 2.75) is 152 Å². The van der Waals surface area contributed by atoms with E-state index in [2.05, 4.69) is 73.1 Å². The molecular formula is C58H84CuN18O14. The van der Waals surface area contributed by atoms with Gasteiger partial charge in [-0.1, -0.05) is 60.7 Å². The Hall–Kier alpha value is -9.14. The van der Waals surface area contributed by atoms with Gasteiger partial charge in [0.25, 0.3) is 0 Å². The smallest absolute Gasteiger partial charge is 0.548 e. The molecule has 0 aliphatic rings. The van der Waals surface area contributed by atoms with Gasteiger partial charge in [-0.2, -0.15) is 0 Å². The molecule has 2 aromatic heterocycles. The van der Waals surface area contributed by atoms with Crippen molar-refractivity contribution >= 4 is 71.0 Å². The zero-order valence-electron chi connectivity index (χ0n) is 51.0. The molecule has 0 fully saturated rings. The molecule has 2 heterocycles. The number of nitrogens with zero attached hydrogens (tertiary/aromatic N) is 2. The number of hydrogen-bond acceptors (Lipinski definition) is 20.